The summed E-state index contributed by atoms with van der Waals surface area (Å²) in [6.07, 6.45) is 3.43. The van der Waals surface area contributed by atoms with E-state index < -0.39 is 5.54 Å². The Morgan fingerprint density at radius 2 is 2.03 bits per heavy atom. The lowest BCUT2D eigenvalue weighted by molar-refractivity contribution is -0.132. The van der Waals surface area contributed by atoms with Crippen molar-refractivity contribution in [2.24, 2.45) is 0 Å². The number of ether oxygens (including phenoxy) is 1. The van der Waals surface area contributed by atoms with E-state index in [1.165, 1.54) is 9.78 Å². The monoisotopic (exact) mass is 413 g/mol. The Kier molecular flexibility index (Phi) is 5.61. The van der Waals surface area contributed by atoms with E-state index in [1.807, 2.05) is 31.2 Å². The Morgan fingerprint density at radius 1 is 1.24 bits per heavy atom. The van der Waals surface area contributed by atoms with Gasteiger partial charge >= 0.3 is 6.03 Å². The van der Waals surface area contributed by atoms with Crippen LogP contribution in [-0.4, -0.2) is 47.6 Å². The van der Waals surface area contributed by atoms with Crippen LogP contribution >= 0.6 is 11.3 Å². The number of imide groups is 1. The molecule has 3 amide bonds. The van der Waals surface area contributed by atoms with E-state index in [-0.39, 0.29) is 11.9 Å². The molecular weight excluding hydrogens is 386 g/mol. The van der Waals surface area contributed by atoms with Crippen molar-refractivity contribution in [1.29, 1.82) is 0 Å². The second-order valence-electron chi connectivity index (χ2n) is 7.97. The third-order valence-electron chi connectivity index (χ3n) is 5.98. The molecule has 2 fully saturated rings. The topological polar surface area (TPSA) is 61.9 Å². The lowest BCUT2D eigenvalue weighted by atomic mass is 9.93. The Labute approximate surface area is 175 Å². The van der Waals surface area contributed by atoms with E-state index in [2.05, 4.69) is 27.7 Å². The number of thiophene rings is 1. The smallest absolute Gasteiger partial charge is 0.326 e. The Hall–Kier alpha value is -2.38. The number of likely N-dealkylation sites (tertiary alicyclic amines) is 1. The van der Waals surface area contributed by atoms with Crippen molar-refractivity contribution < 1.29 is 14.3 Å². The normalized spacial score (nSPS) is 24.9. The fraction of sp³-hybridized carbons (Fsp3) is 0.455. The average Bonchev–Trinajstić information content (AvgIpc) is 3.45. The van der Waals surface area contributed by atoms with Gasteiger partial charge in [-0.3, -0.25) is 9.69 Å². The van der Waals surface area contributed by atoms with Crippen LogP contribution in [0.2, 0.25) is 0 Å². The van der Waals surface area contributed by atoms with Gasteiger partial charge in [0.25, 0.3) is 5.91 Å². The number of carbonyl (C=O) groups excluding carboxylic acids is 2. The largest absolute Gasteiger partial charge is 0.497 e. The minimum absolute atomic E-state index is 0.132. The molecule has 0 aliphatic carbocycles. The van der Waals surface area contributed by atoms with Gasteiger partial charge in [0.1, 0.15) is 11.3 Å². The molecule has 154 valence electrons. The van der Waals surface area contributed by atoms with E-state index >= 15 is 0 Å². The number of hydrogen-bond donors (Lipinski definition) is 1. The summed E-state index contributed by atoms with van der Waals surface area (Å²) in [5, 5.41) is 5.01. The van der Waals surface area contributed by atoms with Crippen LogP contribution in [0.5, 0.6) is 5.75 Å². The number of nitrogens with zero attached hydrogens (tertiary/aromatic N) is 2. The minimum atomic E-state index is -0.866. The highest BCUT2D eigenvalue weighted by Crippen LogP contribution is 2.35. The van der Waals surface area contributed by atoms with Crippen LogP contribution in [0.4, 0.5) is 4.79 Å². The van der Waals surface area contributed by atoms with Crippen molar-refractivity contribution in [3.63, 3.8) is 0 Å². The highest BCUT2D eigenvalue weighted by molar-refractivity contribution is 7.10. The number of benzene rings is 1. The zero-order valence-corrected chi connectivity index (χ0v) is 17.7. The first kappa shape index (κ1) is 19.9. The Bertz CT molecular complexity index is 868. The molecule has 1 aromatic heterocycles. The maximum atomic E-state index is 13.1. The predicted molar refractivity (Wildman–Crippen MR) is 113 cm³/mol. The fourth-order valence-electron chi connectivity index (χ4n) is 4.21. The molecule has 0 saturated carbocycles. The molecule has 2 atom stereocenters. The van der Waals surface area contributed by atoms with Gasteiger partial charge in [-0.05, 0) is 61.7 Å². The van der Waals surface area contributed by atoms with Gasteiger partial charge in [0.05, 0.1) is 13.8 Å². The number of aryl methyl sites for hydroxylation is 1. The van der Waals surface area contributed by atoms with Gasteiger partial charge in [0.2, 0.25) is 0 Å². The van der Waals surface area contributed by atoms with Crippen LogP contribution in [0.1, 0.15) is 42.7 Å². The number of nitrogens with one attached hydrogen (secondary N) is 1. The Balaban J connectivity index is 1.41. The van der Waals surface area contributed by atoms with Gasteiger partial charge in [0.15, 0.2) is 0 Å². The zero-order chi connectivity index (χ0) is 20.4. The molecule has 0 unspecified atom stereocenters. The number of carbonyl (C=O) groups is 2. The first-order valence-electron chi connectivity index (χ1n) is 10.0. The molecule has 2 aliphatic heterocycles. The summed E-state index contributed by atoms with van der Waals surface area (Å²) in [5.74, 6) is 0.676. The lowest BCUT2D eigenvalue weighted by Crippen LogP contribution is -2.45. The molecule has 1 N–H and O–H groups in total. The number of methoxy groups -OCH3 is 1. The second kappa shape index (κ2) is 8.16. The average molecular weight is 414 g/mol. The van der Waals surface area contributed by atoms with Crippen LogP contribution in [0, 0.1) is 0 Å². The van der Waals surface area contributed by atoms with Gasteiger partial charge in [0, 0.05) is 17.5 Å². The standard InChI is InChI=1S/C22H27N3O3S/c1-22(12-11-16-7-9-17(28-2)10-8-16)20(26)25(21(27)23-22)15-24-13-3-5-18(24)19-6-4-14-29-19/h4,6-10,14,18H,3,5,11-13,15H2,1-2H3,(H,23,27)/t18-,22+/m1/s1. The molecule has 0 radical (unpaired) electrons. The van der Waals surface area contributed by atoms with Gasteiger partial charge in [-0.1, -0.05) is 18.2 Å². The summed E-state index contributed by atoms with van der Waals surface area (Å²) < 4.78 is 5.19. The molecule has 1 aromatic carbocycles. The molecule has 2 aromatic rings. The number of urea groups is 1. The first-order valence-corrected chi connectivity index (χ1v) is 10.9. The van der Waals surface area contributed by atoms with E-state index in [9.17, 15) is 9.59 Å². The van der Waals surface area contributed by atoms with Gasteiger partial charge in [-0.15, -0.1) is 11.3 Å². The third-order valence-corrected chi connectivity index (χ3v) is 6.95. The molecule has 4 rings (SSSR count). The predicted octanol–water partition coefficient (Wildman–Crippen LogP) is 3.79. The van der Waals surface area contributed by atoms with Gasteiger partial charge in [-0.25, -0.2) is 9.69 Å². The summed E-state index contributed by atoms with van der Waals surface area (Å²) in [5.41, 5.74) is 0.250. The van der Waals surface area contributed by atoms with E-state index in [4.69, 9.17) is 4.74 Å². The van der Waals surface area contributed by atoms with E-state index in [0.29, 0.717) is 25.6 Å². The van der Waals surface area contributed by atoms with Crippen LogP contribution in [0.15, 0.2) is 41.8 Å². The fourth-order valence-corrected chi connectivity index (χ4v) is 5.11. The van der Waals surface area contributed by atoms with Crippen LogP contribution in [0.25, 0.3) is 0 Å². The molecule has 29 heavy (non-hydrogen) atoms. The molecule has 3 heterocycles. The SMILES string of the molecule is COc1ccc(CC[C@]2(C)NC(=O)N(CN3CCC[C@@H]3c3cccs3)C2=O)cc1. The van der Waals surface area contributed by atoms with Crippen molar-refractivity contribution in [3.8, 4) is 5.75 Å². The van der Waals surface area contributed by atoms with E-state index in [1.54, 1.807) is 18.4 Å². The zero-order valence-electron chi connectivity index (χ0n) is 16.9. The summed E-state index contributed by atoms with van der Waals surface area (Å²) in [6, 6.07) is 12.0. The molecule has 2 saturated heterocycles. The highest BCUT2D eigenvalue weighted by atomic mass is 32.1. The second-order valence-corrected chi connectivity index (χ2v) is 8.95. The third kappa shape index (κ3) is 4.02. The van der Waals surface area contributed by atoms with Crippen LogP contribution < -0.4 is 10.1 Å². The summed E-state index contributed by atoms with van der Waals surface area (Å²) in [7, 11) is 1.64. The highest BCUT2D eigenvalue weighted by Gasteiger charge is 2.48. The molecular formula is C22H27N3O3S. The molecule has 0 spiro atoms. The minimum Gasteiger partial charge on any atom is -0.497 e. The molecule has 0 bridgehead atoms. The molecule has 6 nitrogen and oxygen atoms in total. The van der Waals surface area contributed by atoms with Crippen molar-refractivity contribution in [3.05, 3.63) is 52.2 Å². The molecule has 2 aliphatic rings. The first-order chi connectivity index (χ1) is 14.0. The number of hydrogen-bond acceptors (Lipinski definition) is 5. The van der Waals surface area contributed by atoms with Crippen LogP contribution in [0.3, 0.4) is 0 Å². The molecule has 7 heteroatoms. The maximum Gasteiger partial charge on any atom is 0.326 e. The van der Waals surface area contributed by atoms with Gasteiger partial charge < -0.3 is 10.1 Å². The summed E-state index contributed by atoms with van der Waals surface area (Å²) in [4.78, 5) is 30.7. The van der Waals surface area contributed by atoms with Crippen molar-refractivity contribution >= 4 is 23.3 Å². The number of amides is 3. The number of rotatable bonds is 7. The van der Waals surface area contributed by atoms with Crippen molar-refractivity contribution in [2.45, 2.75) is 44.2 Å². The van der Waals surface area contributed by atoms with Gasteiger partial charge in [-0.2, -0.15) is 0 Å². The summed E-state index contributed by atoms with van der Waals surface area (Å²) >= 11 is 1.74. The van der Waals surface area contributed by atoms with Crippen LogP contribution in [-0.2, 0) is 11.2 Å². The Morgan fingerprint density at radius 3 is 2.72 bits per heavy atom. The van der Waals surface area contributed by atoms with E-state index in [0.717, 1.165) is 30.7 Å². The lowest BCUT2D eigenvalue weighted by Gasteiger charge is -2.28. The maximum absolute atomic E-state index is 13.1. The summed E-state index contributed by atoms with van der Waals surface area (Å²) in [6.45, 7) is 3.09. The van der Waals surface area contributed by atoms with Crippen molar-refractivity contribution in [2.75, 3.05) is 20.3 Å². The van der Waals surface area contributed by atoms with Crippen molar-refractivity contribution in [1.82, 2.24) is 15.1 Å². The quantitative estimate of drug-likeness (QED) is 0.702.